The van der Waals surface area contributed by atoms with Gasteiger partial charge < -0.3 is 0 Å². The molecule has 0 unspecified atom stereocenters. The molecule has 28 heavy (non-hydrogen) atoms. The van der Waals surface area contributed by atoms with Crippen LogP contribution in [-0.4, -0.2) is 21.0 Å². The van der Waals surface area contributed by atoms with Gasteiger partial charge in [-0.2, -0.15) is 0 Å². The minimum absolute atomic E-state index is 0.0480. The van der Waals surface area contributed by atoms with E-state index in [1.807, 2.05) is 35.8 Å². The Morgan fingerprint density at radius 3 is 2.64 bits per heavy atom. The summed E-state index contributed by atoms with van der Waals surface area (Å²) in [5, 5.41) is 0.674. The summed E-state index contributed by atoms with van der Waals surface area (Å²) in [5.41, 5.74) is 6.45. The molecule has 0 radical (unpaired) electrons. The molecule has 1 saturated carbocycles. The summed E-state index contributed by atoms with van der Waals surface area (Å²) in [6, 6.07) is 14.1. The zero-order chi connectivity index (χ0) is 19.4. The van der Waals surface area contributed by atoms with Crippen LogP contribution in [0.5, 0.6) is 0 Å². The predicted octanol–water partition coefficient (Wildman–Crippen LogP) is 5.52. The van der Waals surface area contributed by atoms with E-state index in [2.05, 4.69) is 23.2 Å². The maximum atomic E-state index is 12.2. The molecule has 140 valence electrons. The largest absolute Gasteiger partial charge is 0.300 e. The molecular formula is C23H20ClN3O. The number of rotatable bonds is 3. The molecule has 1 aromatic heterocycles. The first-order valence-electron chi connectivity index (χ1n) is 9.60. The monoisotopic (exact) mass is 389 g/mol. The summed E-state index contributed by atoms with van der Waals surface area (Å²) in [7, 11) is 0. The zero-order valence-electron chi connectivity index (χ0n) is 15.8. The second-order valence-electron chi connectivity index (χ2n) is 7.59. The van der Waals surface area contributed by atoms with Gasteiger partial charge in [0.2, 0.25) is 0 Å². The van der Waals surface area contributed by atoms with Crippen LogP contribution in [0.15, 0.2) is 53.8 Å². The average Bonchev–Trinajstić information content (AvgIpc) is 3.45. The number of carbonyl (C=O) groups excluding carboxylic acids is 1. The number of hydrogen-bond acceptors (Lipinski definition) is 3. The van der Waals surface area contributed by atoms with Crippen LogP contribution in [0.4, 0.5) is 0 Å². The summed E-state index contributed by atoms with van der Waals surface area (Å²) in [6.07, 6.45) is 4.21. The van der Waals surface area contributed by atoms with Crippen molar-refractivity contribution in [1.82, 2.24) is 9.55 Å². The van der Waals surface area contributed by atoms with Gasteiger partial charge in [-0.05, 0) is 49.4 Å². The zero-order valence-corrected chi connectivity index (χ0v) is 16.6. The number of imidazole rings is 1. The highest BCUT2D eigenvalue weighted by Crippen LogP contribution is 2.42. The third-order valence-electron chi connectivity index (χ3n) is 5.57. The second kappa shape index (κ2) is 6.42. The van der Waals surface area contributed by atoms with Gasteiger partial charge in [0.1, 0.15) is 12.0 Å². The first kappa shape index (κ1) is 17.4. The molecule has 2 aromatic carbocycles. The van der Waals surface area contributed by atoms with Crippen LogP contribution in [0.25, 0.3) is 5.69 Å². The maximum Gasteiger partial charge on any atom is 0.180 e. The highest BCUT2D eigenvalue weighted by Gasteiger charge is 2.30. The quantitative estimate of drug-likeness (QED) is 0.554. The summed E-state index contributed by atoms with van der Waals surface area (Å²) in [5.74, 6) is 0.585. The van der Waals surface area contributed by atoms with Crippen molar-refractivity contribution in [2.75, 3.05) is 0 Å². The molecule has 5 rings (SSSR count). The van der Waals surface area contributed by atoms with E-state index in [-0.39, 0.29) is 11.8 Å². The van der Waals surface area contributed by atoms with E-state index in [4.69, 9.17) is 16.6 Å². The van der Waals surface area contributed by atoms with Gasteiger partial charge in [0, 0.05) is 23.1 Å². The van der Waals surface area contributed by atoms with Crippen molar-refractivity contribution in [2.24, 2.45) is 4.99 Å². The van der Waals surface area contributed by atoms with Crippen molar-refractivity contribution in [3.05, 3.63) is 81.9 Å². The van der Waals surface area contributed by atoms with Crippen LogP contribution in [0, 0.1) is 0 Å². The molecule has 0 N–H and O–H groups in total. The van der Waals surface area contributed by atoms with Gasteiger partial charge in [0.05, 0.1) is 23.1 Å². The number of ketones is 1. The molecule has 2 heterocycles. The lowest BCUT2D eigenvalue weighted by Crippen LogP contribution is -2.08. The number of Topliss-reactive ketones (excluding diaryl/α,β-unsaturated/α-hetero) is 1. The normalized spacial score (nSPS) is 18.1. The van der Waals surface area contributed by atoms with Crippen molar-refractivity contribution >= 4 is 23.1 Å². The number of benzene rings is 2. The fraction of sp³-hybridized carbons (Fsp3) is 0.261. The predicted molar refractivity (Wildman–Crippen MR) is 111 cm³/mol. The Bertz CT molecular complexity index is 1140. The summed E-state index contributed by atoms with van der Waals surface area (Å²) in [6.45, 7) is 3.56. The molecule has 3 aromatic rings. The summed E-state index contributed by atoms with van der Waals surface area (Å²) >= 11 is 6.55. The minimum Gasteiger partial charge on any atom is -0.300 e. The van der Waals surface area contributed by atoms with Gasteiger partial charge in [0.25, 0.3) is 0 Å². The van der Waals surface area contributed by atoms with E-state index in [1.54, 1.807) is 13.3 Å². The SMILES string of the molecule is CC(=O)c1ncn2c1[C@@H](C)N=C(c1ccccc1Cl)c1cc(C3CC3)ccc1-2. The van der Waals surface area contributed by atoms with E-state index >= 15 is 0 Å². The van der Waals surface area contributed by atoms with Crippen LogP contribution in [0.3, 0.4) is 0 Å². The smallest absolute Gasteiger partial charge is 0.180 e. The molecule has 1 aliphatic heterocycles. The molecular weight excluding hydrogens is 370 g/mol. The van der Waals surface area contributed by atoms with Gasteiger partial charge >= 0.3 is 0 Å². The van der Waals surface area contributed by atoms with E-state index in [1.165, 1.54) is 18.4 Å². The van der Waals surface area contributed by atoms with E-state index < -0.39 is 0 Å². The highest BCUT2D eigenvalue weighted by molar-refractivity contribution is 6.35. The Hall–Kier alpha value is -2.72. The Labute approximate surface area is 168 Å². The average molecular weight is 390 g/mol. The Morgan fingerprint density at radius 1 is 1.14 bits per heavy atom. The number of aromatic nitrogens is 2. The van der Waals surface area contributed by atoms with Gasteiger partial charge in [-0.25, -0.2) is 4.98 Å². The lowest BCUT2D eigenvalue weighted by molar-refractivity contribution is 0.101. The molecule has 1 aliphatic carbocycles. The van der Waals surface area contributed by atoms with Crippen LogP contribution in [-0.2, 0) is 0 Å². The van der Waals surface area contributed by atoms with Gasteiger partial charge in [-0.1, -0.05) is 35.9 Å². The van der Waals surface area contributed by atoms with E-state index in [0.717, 1.165) is 28.2 Å². The van der Waals surface area contributed by atoms with Crippen LogP contribution in [0.1, 0.15) is 71.5 Å². The fourth-order valence-corrected chi connectivity index (χ4v) is 4.26. The number of fused-ring (bicyclic) bond motifs is 3. The Morgan fingerprint density at radius 2 is 1.93 bits per heavy atom. The number of hydrogen-bond donors (Lipinski definition) is 0. The lowest BCUT2D eigenvalue weighted by Gasteiger charge is -2.14. The van der Waals surface area contributed by atoms with Crippen molar-refractivity contribution in [2.45, 2.75) is 38.6 Å². The molecule has 0 bridgehead atoms. The van der Waals surface area contributed by atoms with Gasteiger partial charge in [0.15, 0.2) is 5.78 Å². The van der Waals surface area contributed by atoms with Gasteiger partial charge in [-0.3, -0.25) is 14.4 Å². The van der Waals surface area contributed by atoms with Crippen LogP contribution < -0.4 is 0 Å². The van der Waals surface area contributed by atoms with Crippen LogP contribution >= 0.6 is 11.6 Å². The highest BCUT2D eigenvalue weighted by atomic mass is 35.5. The maximum absolute atomic E-state index is 12.2. The van der Waals surface area contributed by atoms with Crippen molar-refractivity contribution in [3.63, 3.8) is 0 Å². The van der Waals surface area contributed by atoms with E-state index in [9.17, 15) is 4.79 Å². The first-order valence-corrected chi connectivity index (χ1v) is 9.98. The summed E-state index contributed by atoms with van der Waals surface area (Å²) < 4.78 is 2.01. The van der Waals surface area contributed by atoms with E-state index in [0.29, 0.717) is 16.6 Å². The molecule has 5 heteroatoms. The molecule has 1 atom stereocenters. The van der Waals surface area contributed by atoms with Crippen molar-refractivity contribution in [1.29, 1.82) is 0 Å². The first-order chi connectivity index (χ1) is 13.5. The minimum atomic E-state index is -0.218. The molecule has 0 amide bonds. The molecule has 0 saturated heterocycles. The molecule has 1 fully saturated rings. The molecule has 4 nitrogen and oxygen atoms in total. The lowest BCUT2D eigenvalue weighted by atomic mass is 9.97. The standard InChI is InChI=1S/C23H20ClN3O/c1-13-23-21(14(2)28)25-12-27(23)20-10-9-16(15-7-8-15)11-18(20)22(26-13)17-5-3-4-6-19(17)24/h3-6,9-13,15H,7-8H2,1-2H3/t13-/m1/s1. The Kier molecular flexibility index (Phi) is 3.98. The molecule has 0 spiro atoms. The number of carbonyl (C=O) groups is 1. The second-order valence-corrected chi connectivity index (χ2v) is 8.00. The summed E-state index contributed by atoms with van der Waals surface area (Å²) in [4.78, 5) is 21.6. The van der Waals surface area contributed by atoms with Crippen LogP contribution in [0.2, 0.25) is 5.02 Å². The number of halogens is 1. The van der Waals surface area contributed by atoms with Gasteiger partial charge in [-0.15, -0.1) is 0 Å². The number of nitrogens with zero attached hydrogens (tertiary/aromatic N) is 3. The third-order valence-corrected chi connectivity index (χ3v) is 5.90. The topological polar surface area (TPSA) is 47.2 Å². The fourth-order valence-electron chi connectivity index (χ4n) is 4.04. The van der Waals surface area contributed by atoms with Crippen molar-refractivity contribution < 1.29 is 4.79 Å². The third kappa shape index (κ3) is 2.71. The Balaban J connectivity index is 1.81. The molecule has 2 aliphatic rings. The van der Waals surface area contributed by atoms with Crippen molar-refractivity contribution in [3.8, 4) is 5.69 Å². The number of aliphatic imine (C=N–C) groups is 1.